The zero-order chi connectivity index (χ0) is 15.2. The highest BCUT2D eigenvalue weighted by Crippen LogP contribution is 2.24. The summed E-state index contributed by atoms with van der Waals surface area (Å²) in [6.07, 6.45) is 1.06. The average molecular weight is 286 g/mol. The van der Waals surface area contributed by atoms with E-state index in [9.17, 15) is 4.79 Å². The Hall–Kier alpha value is -2.07. The van der Waals surface area contributed by atoms with Crippen molar-refractivity contribution in [1.29, 1.82) is 0 Å². The lowest BCUT2D eigenvalue weighted by Crippen LogP contribution is -2.21. The van der Waals surface area contributed by atoms with E-state index in [0.717, 1.165) is 41.1 Å². The van der Waals surface area contributed by atoms with Crippen molar-refractivity contribution in [2.24, 2.45) is 0 Å². The molecule has 0 saturated carbocycles. The molecule has 0 aliphatic rings. The molecule has 112 valence electrons. The Bertz CT molecular complexity index is 662. The first-order valence-electron chi connectivity index (χ1n) is 7.23. The van der Waals surface area contributed by atoms with E-state index in [1.807, 2.05) is 37.3 Å². The molecule has 2 N–H and O–H groups in total. The topological polar surface area (TPSA) is 54.1 Å². The van der Waals surface area contributed by atoms with Crippen molar-refractivity contribution >= 4 is 0 Å². The highest BCUT2D eigenvalue weighted by Gasteiger charge is 2.05. The lowest BCUT2D eigenvalue weighted by Gasteiger charge is -2.08. The van der Waals surface area contributed by atoms with Gasteiger partial charge in [0.05, 0.1) is 7.11 Å². The molecule has 0 atom stereocenters. The summed E-state index contributed by atoms with van der Waals surface area (Å²) in [5, 5.41) is 3.24. The maximum atomic E-state index is 12.1. The van der Waals surface area contributed by atoms with E-state index in [1.54, 1.807) is 7.11 Å². The second kappa shape index (κ2) is 7.09. The summed E-state index contributed by atoms with van der Waals surface area (Å²) in [6, 6.07) is 9.72. The molecule has 0 spiro atoms. The van der Waals surface area contributed by atoms with E-state index in [4.69, 9.17) is 4.74 Å². The van der Waals surface area contributed by atoms with E-state index in [0.29, 0.717) is 6.54 Å². The van der Waals surface area contributed by atoms with Crippen molar-refractivity contribution in [1.82, 2.24) is 10.3 Å². The van der Waals surface area contributed by atoms with Crippen LogP contribution in [-0.4, -0.2) is 18.6 Å². The minimum Gasteiger partial charge on any atom is -0.496 e. The number of benzene rings is 1. The molecule has 4 heteroatoms. The van der Waals surface area contributed by atoms with Crippen LogP contribution in [-0.2, 0) is 6.54 Å². The van der Waals surface area contributed by atoms with Crippen LogP contribution in [0.25, 0.3) is 11.3 Å². The standard InChI is InChI=1S/C17H22N2O2/c1-4-9-18-11-14-5-7-15(19-17(14)20)13-6-8-16(21-3)12(2)10-13/h5-8,10,18H,4,9,11H2,1-3H3,(H,19,20). The number of nitrogens with one attached hydrogen (secondary N) is 2. The van der Waals surface area contributed by atoms with E-state index >= 15 is 0 Å². The first-order chi connectivity index (χ1) is 10.2. The van der Waals surface area contributed by atoms with Gasteiger partial charge in [-0.3, -0.25) is 4.79 Å². The number of ether oxygens (including phenoxy) is 1. The van der Waals surface area contributed by atoms with Crippen LogP contribution in [0.2, 0.25) is 0 Å². The largest absolute Gasteiger partial charge is 0.496 e. The number of hydrogen-bond donors (Lipinski definition) is 2. The van der Waals surface area contributed by atoms with Crippen LogP contribution >= 0.6 is 0 Å². The van der Waals surface area contributed by atoms with Gasteiger partial charge in [-0.05, 0) is 55.3 Å². The van der Waals surface area contributed by atoms with E-state index in [2.05, 4.69) is 17.2 Å². The summed E-state index contributed by atoms with van der Waals surface area (Å²) in [5.74, 6) is 0.849. The third-order valence-corrected chi connectivity index (χ3v) is 3.44. The molecule has 4 nitrogen and oxygen atoms in total. The molecule has 2 rings (SSSR count). The van der Waals surface area contributed by atoms with Gasteiger partial charge in [-0.15, -0.1) is 0 Å². The van der Waals surface area contributed by atoms with Crippen LogP contribution in [0.4, 0.5) is 0 Å². The van der Waals surface area contributed by atoms with Gasteiger partial charge in [0.1, 0.15) is 5.75 Å². The molecule has 0 saturated heterocycles. The number of H-pyrrole nitrogens is 1. The van der Waals surface area contributed by atoms with Crippen LogP contribution in [0.15, 0.2) is 35.1 Å². The van der Waals surface area contributed by atoms with E-state index < -0.39 is 0 Å². The lowest BCUT2D eigenvalue weighted by atomic mass is 10.1. The molecule has 0 aliphatic carbocycles. The summed E-state index contributed by atoms with van der Waals surface area (Å²) in [7, 11) is 1.65. The third-order valence-electron chi connectivity index (χ3n) is 3.44. The van der Waals surface area contributed by atoms with Gasteiger partial charge in [-0.1, -0.05) is 13.0 Å². The highest BCUT2D eigenvalue weighted by molar-refractivity contribution is 5.62. The van der Waals surface area contributed by atoms with Crippen molar-refractivity contribution in [3.8, 4) is 17.0 Å². The Morgan fingerprint density at radius 1 is 1.24 bits per heavy atom. The van der Waals surface area contributed by atoms with Crippen LogP contribution in [0.1, 0.15) is 24.5 Å². The number of aryl methyl sites for hydroxylation is 1. The second-order valence-corrected chi connectivity index (χ2v) is 5.09. The SMILES string of the molecule is CCCNCc1ccc(-c2ccc(OC)c(C)c2)[nH]c1=O. The number of aromatic amines is 1. The summed E-state index contributed by atoms with van der Waals surface area (Å²) in [5.41, 5.74) is 3.58. The summed E-state index contributed by atoms with van der Waals surface area (Å²) < 4.78 is 5.25. The Kier molecular flexibility index (Phi) is 5.17. The first kappa shape index (κ1) is 15.3. The van der Waals surface area contributed by atoms with Gasteiger partial charge < -0.3 is 15.0 Å². The third kappa shape index (κ3) is 3.73. The van der Waals surface area contributed by atoms with Crippen LogP contribution in [0.5, 0.6) is 5.75 Å². The van der Waals surface area contributed by atoms with Gasteiger partial charge >= 0.3 is 0 Å². The predicted octanol–water partition coefficient (Wildman–Crippen LogP) is 2.86. The highest BCUT2D eigenvalue weighted by atomic mass is 16.5. The van der Waals surface area contributed by atoms with Crippen molar-refractivity contribution in [2.75, 3.05) is 13.7 Å². The van der Waals surface area contributed by atoms with Gasteiger partial charge in [-0.25, -0.2) is 0 Å². The van der Waals surface area contributed by atoms with Crippen LogP contribution in [0.3, 0.4) is 0 Å². The molecule has 1 heterocycles. The summed E-state index contributed by atoms with van der Waals surface area (Å²) >= 11 is 0. The van der Waals surface area contributed by atoms with Gasteiger partial charge in [-0.2, -0.15) is 0 Å². The normalized spacial score (nSPS) is 10.6. The van der Waals surface area contributed by atoms with Crippen molar-refractivity contribution < 1.29 is 4.74 Å². The minimum absolute atomic E-state index is 0.0374. The fourth-order valence-corrected chi connectivity index (χ4v) is 2.26. The van der Waals surface area contributed by atoms with Gasteiger partial charge in [0, 0.05) is 17.8 Å². The number of methoxy groups -OCH3 is 1. The van der Waals surface area contributed by atoms with Crippen LogP contribution in [0, 0.1) is 6.92 Å². The Balaban J connectivity index is 2.23. The van der Waals surface area contributed by atoms with E-state index in [-0.39, 0.29) is 5.56 Å². The molecule has 0 aliphatic heterocycles. The first-order valence-corrected chi connectivity index (χ1v) is 7.23. The van der Waals surface area contributed by atoms with Crippen LogP contribution < -0.4 is 15.6 Å². The molecule has 0 radical (unpaired) electrons. The fourth-order valence-electron chi connectivity index (χ4n) is 2.26. The molecule has 2 aromatic rings. The number of rotatable bonds is 6. The van der Waals surface area contributed by atoms with E-state index in [1.165, 1.54) is 0 Å². The number of aromatic nitrogens is 1. The lowest BCUT2D eigenvalue weighted by molar-refractivity contribution is 0.412. The smallest absolute Gasteiger partial charge is 0.252 e. The molecule has 1 aromatic carbocycles. The molecule has 0 bridgehead atoms. The summed E-state index contributed by atoms with van der Waals surface area (Å²) in [6.45, 7) is 5.61. The van der Waals surface area contributed by atoms with Crippen molar-refractivity contribution in [3.05, 3.63) is 51.8 Å². The summed E-state index contributed by atoms with van der Waals surface area (Å²) in [4.78, 5) is 15.0. The average Bonchev–Trinajstić information content (AvgIpc) is 2.49. The maximum absolute atomic E-state index is 12.1. The quantitative estimate of drug-likeness (QED) is 0.803. The maximum Gasteiger partial charge on any atom is 0.252 e. The number of pyridine rings is 1. The monoisotopic (exact) mass is 286 g/mol. The molecule has 0 fully saturated rings. The van der Waals surface area contributed by atoms with Gasteiger partial charge in [0.2, 0.25) is 0 Å². The van der Waals surface area contributed by atoms with Gasteiger partial charge in [0.15, 0.2) is 0 Å². The van der Waals surface area contributed by atoms with Gasteiger partial charge in [0.25, 0.3) is 5.56 Å². The zero-order valence-corrected chi connectivity index (χ0v) is 12.8. The molecular weight excluding hydrogens is 264 g/mol. The molecule has 0 unspecified atom stereocenters. The second-order valence-electron chi connectivity index (χ2n) is 5.09. The Labute approximate surface area is 125 Å². The minimum atomic E-state index is -0.0374. The Morgan fingerprint density at radius 3 is 2.67 bits per heavy atom. The van der Waals surface area contributed by atoms with Crippen molar-refractivity contribution in [3.63, 3.8) is 0 Å². The molecule has 1 aromatic heterocycles. The zero-order valence-electron chi connectivity index (χ0n) is 12.8. The fraction of sp³-hybridized carbons (Fsp3) is 0.353. The molecule has 0 amide bonds. The molecular formula is C17H22N2O2. The molecule has 21 heavy (non-hydrogen) atoms. The van der Waals surface area contributed by atoms with Crippen molar-refractivity contribution in [2.45, 2.75) is 26.8 Å². The predicted molar refractivity (Wildman–Crippen MR) is 85.8 cm³/mol. The number of hydrogen-bond acceptors (Lipinski definition) is 3. The Morgan fingerprint density at radius 2 is 2.05 bits per heavy atom.